The van der Waals surface area contributed by atoms with E-state index < -0.39 is 0 Å². The van der Waals surface area contributed by atoms with Gasteiger partial charge in [0.1, 0.15) is 5.75 Å². The van der Waals surface area contributed by atoms with Crippen molar-refractivity contribution in [1.29, 1.82) is 0 Å². The first kappa shape index (κ1) is 22.6. The largest absolute Gasteiger partial charge is 0.496 e. The van der Waals surface area contributed by atoms with Crippen molar-refractivity contribution in [3.63, 3.8) is 0 Å². The van der Waals surface area contributed by atoms with Crippen LogP contribution in [0.4, 0.5) is 0 Å². The third kappa shape index (κ3) is 4.93. The van der Waals surface area contributed by atoms with Gasteiger partial charge in [0.2, 0.25) is 5.91 Å². The number of amides is 1. The fourth-order valence-electron chi connectivity index (χ4n) is 3.84. The number of methoxy groups -OCH3 is 1. The van der Waals surface area contributed by atoms with Gasteiger partial charge in [-0.1, -0.05) is 72.4 Å². The van der Waals surface area contributed by atoms with Gasteiger partial charge in [0.15, 0.2) is 11.0 Å². The molecule has 4 rings (SSSR count). The predicted octanol–water partition coefficient (Wildman–Crippen LogP) is 5.26. The molecule has 7 heteroatoms. The third-order valence-corrected chi connectivity index (χ3v) is 6.34. The van der Waals surface area contributed by atoms with Crippen LogP contribution < -0.4 is 10.1 Å². The zero-order valence-corrected chi connectivity index (χ0v) is 19.5. The van der Waals surface area contributed by atoms with Gasteiger partial charge in [-0.05, 0) is 35.4 Å². The van der Waals surface area contributed by atoms with Crippen molar-refractivity contribution in [1.82, 2.24) is 20.1 Å². The molecule has 0 fully saturated rings. The van der Waals surface area contributed by atoms with Crippen LogP contribution in [0.15, 0.2) is 84.5 Å². The Morgan fingerprint density at radius 3 is 2.70 bits per heavy atom. The molecule has 4 aromatic rings. The molecule has 1 N–H and O–H groups in total. The highest BCUT2D eigenvalue weighted by molar-refractivity contribution is 7.99. The average Bonchev–Trinajstić information content (AvgIpc) is 3.24. The molecule has 0 aliphatic carbocycles. The number of nitrogens with zero attached hydrogens (tertiary/aromatic N) is 3. The van der Waals surface area contributed by atoms with Gasteiger partial charge in [-0.25, -0.2) is 0 Å². The summed E-state index contributed by atoms with van der Waals surface area (Å²) in [5.41, 5.74) is 1.94. The summed E-state index contributed by atoms with van der Waals surface area (Å²) in [6.45, 7) is 6.38. The monoisotopic (exact) mass is 458 g/mol. The molecular formula is C26H26N4O2S. The van der Waals surface area contributed by atoms with E-state index in [9.17, 15) is 4.79 Å². The molecular weight excluding hydrogens is 432 g/mol. The molecule has 0 bridgehead atoms. The van der Waals surface area contributed by atoms with Gasteiger partial charge in [0, 0.05) is 6.54 Å². The number of thioether (sulfide) groups is 1. The van der Waals surface area contributed by atoms with Gasteiger partial charge in [0.05, 0.1) is 24.5 Å². The molecule has 0 spiro atoms. The van der Waals surface area contributed by atoms with Crippen molar-refractivity contribution in [2.24, 2.45) is 0 Å². The van der Waals surface area contributed by atoms with E-state index in [1.807, 2.05) is 54.0 Å². The lowest BCUT2D eigenvalue weighted by Crippen LogP contribution is -2.28. The molecule has 0 radical (unpaired) electrons. The molecule has 1 amide bonds. The minimum absolute atomic E-state index is 0.0626. The molecule has 0 aliphatic heterocycles. The number of aromatic nitrogens is 3. The predicted molar refractivity (Wildman–Crippen MR) is 133 cm³/mol. The van der Waals surface area contributed by atoms with Crippen LogP contribution in [0.5, 0.6) is 5.75 Å². The Kier molecular flexibility index (Phi) is 7.10. The molecule has 3 aromatic carbocycles. The van der Waals surface area contributed by atoms with Gasteiger partial charge in [-0.15, -0.1) is 16.8 Å². The van der Waals surface area contributed by atoms with E-state index in [0.717, 1.165) is 21.9 Å². The summed E-state index contributed by atoms with van der Waals surface area (Å²) < 4.78 is 7.42. The fourth-order valence-corrected chi connectivity index (χ4v) is 4.60. The number of fused-ring (bicyclic) bond motifs is 1. The van der Waals surface area contributed by atoms with Crippen LogP contribution in [-0.4, -0.2) is 33.5 Å². The molecule has 0 aliphatic rings. The second-order valence-electron chi connectivity index (χ2n) is 7.55. The molecule has 0 saturated carbocycles. The van der Waals surface area contributed by atoms with Crippen LogP contribution in [0.25, 0.3) is 22.2 Å². The zero-order valence-electron chi connectivity index (χ0n) is 18.7. The van der Waals surface area contributed by atoms with E-state index in [2.05, 4.69) is 46.4 Å². The van der Waals surface area contributed by atoms with E-state index in [1.54, 1.807) is 13.2 Å². The maximum atomic E-state index is 12.8. The first-order valence-corrected chi connectivity index (χ1v) is 11.7. The SMILES string of the molecule is C=CCn1c(SCC(=O)NC(C)c2cccc3ccccc23)nnc1-c1ccccc1OC. The Morgan fingerprint density at radius 2 is 1.88 bits per heavy atom. The Labute approximate surface area is 197 Å². The summed E-state index contributed by atoms with van der Waals surface area (Å²) in [7, 11) is 1.63. The number of carbonyl (C=O) groups is 1. The molecule has 1 unspecified atom stereocenters. The van der Waals surface area contributed by atoms with Crippen molar-refractivity contribution in [3.05, 3.63) is 84.9 Å². The molecule has 1 aromatic heterocycles. The summed E-state index contributed by atoms with van der Waals surface area (Å²) in [5, 5.41) is 14.8. The number of carbonyl (C=O) groups excluding carboxylic acids is 1. The minimum Gasteiger partial charge on any atom is -0.496 e. The van der Waals surface area contributed by atoms with E-state index in [-0.39, 0.29) is 17.7 Å². The van der Waals surface area contributed by atoms with Crippen LogP contribution in [0, 0.1) is 0 Å². The Balaban J connectivity index is 1.48. The number of hydrogen-bond donors (Lipinski definition) is 1. The summed E-state index contributed by atoms with van der Waals surface area (Å²) >= 11 is 1.35. The van der Waals surface area contributed by atoms with Gasteiger partial charge < -0.3 is 10.1 Å². The van der Waals surface area contributed by atoms with Gasteiger partial charge in [-0.2, -0.15) is 0 Å². The number of ether oxygens (including phenoxy) is 1. The highest BCUT2D eigenvalue weighted by Crippen LogP contribution is 2.31. The zero-order chi connectivity index (χ0) is 23.2. The first-order chi connectivity index (χ1) is 16.1. The standard InChI is InChI=1S/C26H26N4O2S/c1-4-16-30-25(22-13-7-8-15-23(22)32-3)28-29-26(30)33-17-24(31)27-18(2)20-14-9-11-19-10-5-6-12-21(19)20/h4-15,18H,1,16-17H2,2-3H3,(H,27,31). The first-order valence-electron chi connectivity index (χ1n) is 10.7. The molecule has 1 heterocycles. The second kappa shape index (κ2) is 10.4. The van der Waals surface area contributed by atoms with E-state index in [1.165, 1.54) is 11.8 Å². The lowest BCUT2D eigenvalue weighted by atomic mass is 10.00. The van der Waals surface area contributed by atoms with Crippen LogP contribution in [0.3, 0.4) is 0 Å². The highest BCUT2D eigenvalue weighted by atomic mass is 32.2. The number of hydrogen-bond acceptors (Lipinski definition) is 5. The fraction of sp³-hybridized carbons (Fsp3) is 0.192. The molecule has 0 saturated heterocycles. The average molecular weight is 459 g/mol. The Morgan fingerprint density at radius 1 is 1.12 bits per heavy atom. The molecule has 6 nitrogen and oxygen atoms in total. The van der Waals surface area contributed by atoms with Crippen LogP contribution >= 0.6 is 11.8 Å². The van der Waals surface area contributed by atoms with E-state index >= 15 is 0 Å². The van der Waals surface area contributed by atoms with Crippen LogP contribution in [-0.2, 0) is 11.3 Å². The lowest BCUT2D eigenvalue weighted by molar-refractivity contribution is -0.119. The minimum atomic E-state index is -0.112. The topological polar surface area (TPSA) is 69.0 Å². The summed E-state index contributed by atoms with van der Waals surface area (Å²) in [4.78, 5) is 12.8. The molecule has 168 valence electrons. The smallest absolute Gasteiger partial charge is 0.230 e. The number of rotatable bonds is 9. The highest BCUT2D eigenvalue weighted by Gasteiger charge is 2.18. The lowest BCUT2D eigenvalue weighted by Gasteiger charge is -2.16. The van der Waals surface area contributed by atoms with Crippen molar-refractivity contribution in [3.8, 4) is 17.1 Å². The summed E-state index contributed by atoms with van der Waals surface area (Å²) in [5.74, 6) is 1.57. The number of allylic oxidation sites excluding steroid dienone is 1. The van der Waals surface area contributed by atoms with E-state index in [0.29, 0.717) is 23.3 Å². The maximum Gasteiger partial charge on any atom is 0.230 e. The quantitative estimate of drug-likeness (QED) is 0.274. The second-order valence-corrected chi connectivity index (χ2v) is 8.49. The number of benzene rings is 3. The van der Waals surface area contributed by atoms with Crippen molar-refractivity contribution in [2.75, 3.05) is 12.9 Å². The summed E-state index contributed by atoms with van der Waals surface area (Å²) in [6.07, 6.45) is 1.79. The molecule has 1 atom stereocenters. The van der Waals surface area contributed by atoms with Gasteiger partial charge in [0.25, 0.3) is 0 Å². The van der Waals surface area contributed by atoms with Gasteiger partial charge in [-0.3, -0.25) is 9.36 Å². The van der Waals surface area contributed by atoms with Crippen LogP contribution in [0.2, 0.25) is 0 Å². The van der Waals surface area contributed by atoms with Crippen molar-refractivity contribution >= 4 is 28.4 Å². The van der Waals surface area contributed by atoms with Crippen molar-refractivity contribution in [2.45, 2.75) is 24.7 Å². The third-order valence-electron chi connectivity index (χ3n) is 5.38. The Bertz CT molecular complexity index is 1280. The number of nitrogens with one attached hydrogen (secondary N) is 1. The van der Waals surface area contributed by atoms with Crippen molar-refractivity contribution < 1.29 is 9.53 Å². The maximum absolute atomic E-state index is 12.8. The van der Waals surface area contributed by atoms with E-state index in [4.69, 9.17) is 4.74 Å². The van der Waals surface area contributed by atoms with Gasteiger partial charge >= 0.3 is 0 Å². The van der Waals surface area contributed by atoms with Crippen LogP contribution in [0.1, 0.15) is 18.5 Å². The normalized spacial score (nSPS) is 11.8. The Hall–Kier alpha value is -3.58. The summed E-state index contributed by atoms with van der Waals surface area (Å²) in [6, 6.07) is 21.9. The molecule has 33 heavy (non-hydrogen) atoms. The number of para-hydroxylation sites is 1.